The van der Waals surface area contributed by atoms with Crippen molar-refractivity contribution < 1.29 is 138 Å². The first-order valence-electron chi connectivity index (χ1n) is 21.0. The van der Waals surface area contributed by atoms with Crippen LogP contribution in [0.15, 0.2) is 0 Å². The SMILES string of the molecule is OC[C@H]1O[C@@H](O[C@@H]2C3COC2[C@H](O)[C@H](O[C@@H]2[C@@H](O)[C@H](O)O[C@H](CO)[C@@H]2O)O3)[C@@H](O)[C@@H](O[C@@H]2OC3COC([C@@H]3O[C@@H]3O[C@H](CO)[C@H](O)[C@H](O[C@@H]4OC5COC([C@@H]5O)[C@@H]4O)[C@H]3O)[C@@H]2O)[C@H]1O. The highest BCUT2D eigenvalue weighted by Crippen LogP contribution is 2.41. The number of rotatable bonds is 13. The second kappa shape index (κ2) is 19.3. The van der Waals surface area contributed by atoms with E-state index in [2.05, 4.69) is 0 Å². The molecule has 368 valence electrons. The topological polar surface area (TPSA) is 412 Å². The zero-order valence-corrected chi connectivity index (χ0v) is 33.5. The minimum Gasteiger partial charge on any atom is -0.394 e. The minimum absolute atomic E-state index is 0.0399. The molecule has 0 aromatic heterocycles. The first kappa shape index (κ1) is 47.9. The Kier molecular flexibility index (Phi) is 14.5. The monoisotopic (exact) mass is 936 g/mol. The van der Waals surface area contributed by atoms with Crippen molar-refractivity contribution in [3.8, 4) is 0 Å². The van der Waals surface area contributed by atoms with E-state index in [0.29, 0.717) is 0 Å². The third-order valence-electron chi connectivity index (χ3n) is 13.2. The molecular weight excluding hydrogens is 880 g/mol. The third-order valence-corrected chi connectivity index (χ3v) is 13.2. The van der Waals surface area contributed by atoms with Gasteiger partial charge in [-0.15, -0.1) is 0 Å². The number of ether oxygens (including phenoxy) is 14. The summed E-state index contributed by atoms with van der Waals surface area (Å²) in [6, 6.07) is 0. The molecule has 14 N–H and O–H groups in total. The maximum absolute atomic E-state index is 11.5. The summed E-state index contributed by atoms with van der Waals surface area (Å²) in [7, 11) is 0. The van der Waals surface area contributed by atoms with Crippen LogP contribution in [0.4, 0.5) is 0 Å². The van der Waals surface area contributed by atoms with Gasteiger partial charge in [-0.1, -0.05) is 0 Å². The summed E-state index contributed by atoms with van der Waals surface area (Å²) in [5, 5.41) is 149. The Bertz CT molecular complexity index is 1560. The van der Waals surface area contributed by atoms with E-state index in [1.807, 2.05) is 0 Å². The molecule has 30 atom stereocenters. The largest absolute Gasteiger partial charge is 0.394 e. The van der Waals surface area contributed by atoms with Gasteiger partial charge >= 0.3 is 0 Å². The molecule has 28 nitrogen and oxygen atoms in total. The van der Waals surface area contributed by atoms with E-state index in [1.54, 1.807) is 0 Å². The van der Waals surface area contributed by atoms with Crippen LogP contribution < -0.4 is 0 Å². The summed E-state index contributed by atoms with van der Waals surface area (Å²) in [5.41, 5.74) is 0. The van der Waals surface area contributed by atoms with Crippen LogP contribution in [0.3, 0.4) is 0 Å². The molecule has 0 aliphatic carbocycles. The van der Waals surface area contributed by atoms with Crippen molar-refractivity contribution in [2.75, 3.05) is 39.6 Å². The number of hydrogen-bond donors (Lipinski definition) is 14. The van der Waals surface area contributed by atoms with Crippen molar-refractivity contribution in [3.63, 3.8) is 0 Å². The predicted octanol–water partition coefficient (Wildman–Crippen LogP) is -11.0. The van der Waals surface area contributed by atoms with E-state index >= 15 is 0 Å². The summed E-state index contributed by atoms with van der Waals surface area (Å²) < 4.78 is 80.0. The molecule has 0 spiro atoms. The third kappa shape index (κ3) is 8.54. The van der Waals surface area contributed by atoms with Gasteiger partial charge in [-0.25, -0.2) is 0 Å². The lowest BCUT2D eigenvalue weighted by Crippen LogP contribution is -2.66. The van der Waals surface area contributed by atoms with Gasteiger partial charge in [-0.05, 0) is 0 Å². The van der Waals surface area contributed by atoms with Crippen LogP contribution in [-0.4, -0.2) is 295 Å². The highest BCUT2D eigenvalue weighted by molar-refractivity contribution is 5.03. The smallest absolute Gasteiger partial charge is 0.187 e. The molecule has 9 saturated heterocycles. The fraction of sp³-hybridized carbons (Fsp3) is 1.00. The lowest BCUT2D eigenvalue weighted by atomic mass is 9.96. The van der Waals surface area contributed by atoms with Crippen molar-refractivity contribution in [1.82, 2.24) is 0 Å². The Hall–Kier alpha value is -1.12. The number of aliphatic hydroxyl groups excluding tert-OH is 14. The summed E-state index contributed by atoms with van der Waals surface area (Å²) >= 11 is 0. The van der Waals surface area contributed by atoms with Crippen molar-refractivity contribution in [3.05, 3.63) is 0 Å². The minimum atomic E-state index is -1.88. The lowest BCUT2D eigenvalue weighted by molar-refractivity contribution is -0.380. The molecule has 64 heavy (non-hydrogen) atoms. The fourth-order valence-corrected chi connectivity index (χ4v) is 9.61. The first-order valence-corrected chi connectivity index (χ1v) is 21.0. The molecule has 9 rings (SSSR count). The fourth-order valence-electron chi connectivity index (χ4n) is 9.61. The molecule has 0 aromatic rings. The van der Waals surface area contributed by atoms with Crippen LogP contribution in [-0.2, 0) is 66.3 Å². The highest BCUT2D eigenvalue weighted by Gasteiger charge is 2.61. The molecule has 6 bridgehead atoms. The number of hydrogen-bond acceptors (Lipinski definition) is 28. The summed E-state index contributed by atoms with van der Waals surface area (Å²) in [6.07, 6.45) is -44.4. The Morgan fingerprint density at radius 2 is 0.641 bits per heavy atom. The maximum Gasteiger partial charge on any atom is 0.187 e. The maximum atomic E-state index is 11.5. The summed E-state index contributed by atoms with van der Waals surface area (Å²) in [5.74, 6) is 0. The van der Waals surface area contributed by atoms with Crippen molar-refractivity contribution in [1.29, 1.82) is 0 Å². The van der Waals surface area contributed by atoms with Gasteiger partial charge in [0, 0.05) is 0 Å². The van der Waals surface area contributed by atoms with Crippen LogP contribution in [0.5, 0.6) is 0 Å². The van der Waals surface area contributed by atoms with E-state index in [-0.39, 0.29) is 19.8 Å². The number of aliphatic hydroxyl groups is 14. The molecular formula is C36H56O28. The van der Waals surface area contributed by atoms with Gasteiger partial charge in [0.05, 0.1) is 39.6 Å². The molecule has 0 amide bonds. The Balaban J connectivity index is 0.831. The average Bonchev–Trinajstić information content (AvgIpc) is 3.87. The van der Waals surface area contributed by atoms with Crippen LogP contribution in [0.25, 0.3) is 0 Å². The van der Waals surface area contributed by atoms with Crippen LogP contribution in [0.1, 0.15) is 0 Å². The van der Waals surface area contributed by atoms with E-state index in [9.17, 15) is 71.5 Å². The Labute approximate surface area is 361 Å². The summed E-state index contributed by atoms with van der Waals surface area (Å²) in [4.78, 5) is 0. The second-order valence-electron chi connectivity index (χ2n) is 17.1. The van der Waals surface area contributed by atoms with E-state index in [0.717, 1.165) is 0 Å². The van der Waals surface area contributed by atoms with Gasteiger partial charge in [0.1, 0.15) is 146 Å². The number of fused-ring (bicyclic) bond motifs is 6. The lowest BCUT2D eigenvalue weighted by Gasteiger charge is -2.48. The standard InChI is InChI=1S/C36H56O28/c37-1-7-13(40)26(17(44)31(50)54-7)62-35-21(48)29-23(11(58-35)5-52-29)60-34-20(47)28(15(42)9(3-39)56-34)64-36-22(49)30-24(12(59-36)6-53-30)61-33-19(46)27(14(41)8(2-38)55-33)63-32-18(45)25-16(43)10(57-32)4-51-25/h7-50H,1-6H2/t7-,8-,9-,10?,11?,12?,13+,14+,15+,16-,17-,18+,19-,20+,21+,22+,23-,24-,25?,26+,27+,28+,29?,30?,31-,32+,33+,34+,35+,36+/m1/s1. The molecule has 9 fully saturated rings. The molecule has 6 unspecified atom stereocenters. The van der Waals surface area contributed by atoms with Crippen LogP contribution >= 0.6 is 0 Å². The first-order chi connectivity index (χ1) is 30.6. The molecule has 9 aliphatic heterocycles. The molecule has 9 heterocycles. The molecule has 28 heteroatoms. The highest BCUT2D eigenvalue weighted by atomic mass is 16.8. The Morgan fingerprint density at radius 1 is 0.312 bits per heavy atom. The zero-order chi connectivity index (χ0) is 45.5. The van der Waals surface area contributed by atoms with Crippen molar-refractivity contribution in [2.24, 2.45) is 0 Å². The van der Waals surface area contributed by atoms with Crippen molar-refractivity contribution >= 4 is 0 Å². The summed E-state index contributed by atoms with van der Waals surface area (Å²) in [6.45, 7) is -2.74. The quantitative estimate of drug-likeness (QED) is 0.0815. The van der Waals surface area contributed by atoms with Gasteiger partial charge in [0.25, 0.3) is 0 Å². The zero-order valence-electron chi connectivity index (χ0n) is 33.5. The molecule has 0 aromatic carbocycles. The van der Waals surface area contributed by atoms with Gasteiger partial charge in [-0.3, -0.25) is 0 Å². The van der Waals surface area contributed by atoms with E-state index in [1.165, 1.54) is 0 Å². The van der Waals surface area contributed by atoms with E-state index < -0.39 is 204 Å². The molecule has 0 saturated carbocycles. The second-order valence-corrected chi connectivity index (χ2v) is 17.1. The van der Waals surface area contributed by atoms with Gasteiger partial charge in [-0.2, -0.15) is 0 Å². The van der Waals surface area contributed by atoms with Gasteiger partial charge < -0.3 is 138 Å². The van der Waals surface area contributed by atoms with Crippen LogP contribution in [0, 0.1) is 0 Å². The normalized spacial score (nSPS) is 57.3. The predicted molar refractivity (Wildman–Crippen MR) is 189 cm³/mol. The van der Waals surface area contributed by atoms with Crippen LogP contribution in [0.2, 0.25) is 0 Å². The molecule has 0 radical (unpaired) electrons. The van der Waals surface area contributed by atoms with E-state index in [4.69, 9.17) is 66.3 Å². The van der Waals surface area contributed by atoms with Gasteiger partial charge in [0.15, 0.2) is 37.7 Å². The van der Waals surface area contributed by atoms with Crippen molar-refractivity contribution in [2.45, 2.75) is 184 Å². The Morgan fingerprint density at radius 3 is 1.08 bits per heavy atom. The molecule has 9 aliphatic rings. The van der Waals surface area contributed by atoms with Gasteiger partial charge in [0.2, 0.25) is 0 Å². The average molecular weight is 937 g/mol.